The quantitative estimate of drug-likeness (QED) is 0.0997. The van der Waals surface area contributed by atoms with E-state index in [1.54, 1.807) is 36.9 Å². The third kappa shape index (κ3) is 20.4. The minimum absolute atomic E-state index is 0. The minimum Gasteiger partial charge on any atom is -0.499 e. The van der Waals surface area contributed by atoms with E-state index in [4.69, 9.17) is 17.4 Å². The van der Waals surface area contributed by atoms with E-state index in [2.05, 4.69) is 183 Å². The fourth-order valence-corrected chi connectivity index (χ4v) is 14.7. The summed E-state index contributed by atoms with van der Waals surface area (Å²) in [5.41, 5.74) is 17.1. The Morgan fingerprint density at radius 1 is 0.318 bits per heavy atom. The Labute approximate surface area is 690 Å². The Bertz CT molecular complexity index is 5860. The standard InChI is InChI=1S/2C17H11N2O.C16H9N2O.3C14H16NSi.3Ir/c1-11-8-9-13-12-5-4-6-14(15-7-2-3-10-18-15)16(12)20-17(13)19-11;1-11-5-7-13-14-10-12(15-4-2-3-9-18-15)6-8-16(14)20-17(13)19-11;1-2-9-17-13(7-1)11-5-3-6-12-15-14(19-16(11)12)8-4-10-18-15;3*1-16(2,3)13-9-10-14(15-11-13)12-7-5-4-6-8-12;;;/h2*2-5,7-10H,1H3;1-4,6-10H;3*4-7,9-11H,1-3H3;;;/q6*-1;;;/i1D3;;;;;;;;. The Morgan fingerprint density at radius 3 is 1.19 bits per heavy atom. The van der Waals surface area contributed by atoms with Crippen LogP contribution >= 0.6 is 0 Å². The smallest absolute Gasteiger partial charge is 0.216 e. The zero-order valence-electron chi connectivity index (χ0n) is 65.3. The second kappa shape index (κ2) is 37.4. The molecule has 12 heterocycles. The maximum atomic E-state index is 7.47. The first kappa shape index (κ1) is 77.8. The van der Waals surface area contributed by atoms with Crippen molar-refractivity contribution in [2.45, 2.75) is 72.7 Å². The van der Waals surface area contributed by atoms with Crippen molar-refractivity contribution in [3.05, 3.63) is 328 Å². The molecule has 18 rings (SSSR count). The van der Waals surface area contributed by atoms with Crippen molar-refractivity contribution in [3.8, 4) is 67.5 Å². The number of aryl methyl sites for hydroxylation is 2. The fourth-order valence-electron chi connectivity index (χ4n) is 11.6. The molecule has 0 aliphatic rings. The van der Waals surface area contributed by atoms with Gasteiger partial charge in [-0.05, 0) is 123 Å². The maximum Gasteiger partial charge on any atom is 0.216 e. The van der Waals surface area contributed by atoms with Gasteiger partial charge in [0.15, 0.2) is 0 Å². The van der Waals surface area contributed by atoms with Crippen molar-refractivity contribution in [3.63, 3.8) is 0 Å². The van der Waals surface area contributed by atoms with Gasteiger partial charge in [-0.3, -0.25) is 4.98 Å². The van der Waals surface area contributed by atoms with E-state index in [1.165, 1.54) is 21.6 Å². The van der Waals surface area contributed by atoms with E-state index in [1.807, 2.05) is 201 Å². The van der Waals surface area contributed by atoms with Crippen LogP contribution in [0.4, 0.5) is 0 Å². The molecule has 0 spiro atoms. The predicted molar refractivity (Wildman–Crippen MR) is 445 cm³/mol. The van der Waals surface area contributed by atoms with Crippen LogP contribution in [0.5, 0.6) is 0 Å². The molecule has 0 saturated heterocycles. The molecule has 0 unspecified atom stereocenters. The zero-order chi connectivity index (χ0) is 77.0. The normalized spacial score (nSPS) is 11.5. The van der Waals surface area contributed by atoms with Crippen molar-refractivity contribution >= 4 is 106 Å². The van der Waals surface area contributed by atoms with Crippen LogP contribution in [0, 0.1) is 50.2 Å². The molecule has 3 radical (unpaired) electrons. The first-order chi connectivity index (χ1) is 53.0. The van der Waals surface area contributed by atoms with Crippen molar-refractivity contribution in [1.29, 1.82) is 0 Å². The van der Waals surface area contributed by atoms with Crippen LogP contribution in [-0.4, -0.2) is 69.1 Å². The number of benzene rings is 6. The van der Waals surface area contributed by atoms with Gasteiger partial charge >= 0.3 is 0 Å². The molecule has 6 aromatic carbocycles. The molecular formula is C92H79Ir3N9O3Si3-6. The van der Waals surface area contributed by atoms with Crippen molar-refractivity contribution < 1.29 is 77.7 Å². The molecule has 18 heteroatoms. The van der Waals surface area contributed by atoms with Crippen LogP contribution in [-0.2, 0) is 60.3 Å². The Hall–Kier alpha value is -10.3. The minimum atomic E-state index is -2.26. The first-order valence-corrected chi connectivity index (χ1v) is 45.7. The second-order valence-corrected chi connectivity index (χ2v) is 43.6. The molecule has 0 N–H and O–H groups in total. The summed E-state index contributed by atoms with van der Waals surface area (Å²) in [6.45, 7) is 20.7. The number of furan rings is 3. The van der Waals surface area contributed by atoms with Gasteiger partial charge in [0.1, 0.15) is 5.58 Å². The topological polar surface area (TPSA) is 155 Å². The molecule has 555 valence electrons. The second-order valence-electron chi connectivity index (χ2n) is 28.3. The summed E-state index contributed by atoms with van der Waals surface area (Å²) < 4.78 is 39.9. The number of rotatable bonds is 9. The average Bonchev–Trinajstić information content (AvgIpc) is 1.64. The maximum absolute atomic E-state index is 7.47. The van der Waals surface area contributed by atoms with Gasteiger partial charge < -0.3 is 43.2 Å². The molecule has 0 atom stereocenters. The Morgan fingerprint density at radius 2 is 0.745 bits per heavy atom. The van der Waals surface area contributed by atoms with Crippen molar-refractivity contribution in [2.24, 2.45) is 0 Å². The van der Waals surface area contributed by atoms with Crippen molar-refractivity contribution in [2.75, 3.05) is 0 Å². The van der Waals surface area contributed by atoms with Gasteiger partial charge in [-0.15, -0.1) is 168 Å². The molecule has 18 aromatic rings. The summed E-state index contributed by atoms with van der Waals surface area (Å²) >= 11 is 0. The monoisotopic (exact) mass is 2020 g/mol. The van der Waals surface area contributed by atoms with Crippen molar-refractivity contribution in [1.82, 2.24) is 44.9 Å². The largest absolute Gasteiger partial charge is 0.499 e. The number of aromatic nitrogens is 9. The summed E-state index contributed by atoms with van der Waals surface area (Å²) in [5.74, 6) is 0. The van der Waals surface area contributed by atoms with Gasteiger partial charge in [0.25, 0.3) is 0 Å². The van der Waals surface area contributed by atoms with E-state index in [-0.39, 0.29) is 66.0 Å². The van der Waals surface area contributed by atoms with E-state index >= 15 is 0 Å². The zero-order valence-corrected chi connectivity index (χ0v) is 72.5. The number of fused-ring (bicyclic) bond motifs is 9. The third-order valence-electron chi connectivity index (χ3n) is 17.5. The number of pyridine rings is 9. The number of hydrogen-bond acceptors (Lipinski definition) is 12. The number of nitrogens with zero attached hydrogens (tertiary/aromatic N) is 9. The van der Waals surface area contributed by atoms with Gasteiger partial charge in [-0.25, -0.2) is 9.97 Å². The summed E-state index contributed by atoms with van der Waals surface area (Å²) in [7, 11) is -3.69. The van der Waals surface area contributed by atoms with Crippen LogP contribution in [0.2, 0.25) is 58.9 Å². The number of hydrogen-bond donors (Lipinski definition) is 0. The van der Waals surface area contributed by atoms with Gasteiger partial charge in [-0.1, -0.05) is 154 Å². The summed E-state index contributed by atoms with van der Waals surface area (Å²) in [6, 6.07) is 95.7. The van der Waals surface area contributed by atoms with Crippen LogP contribution in [0.1, 0.15) is 15.5 Å². The summed E-state index contributed by atoms with van der Waals surface area (Å²) in [5, 5.41) is 8.90. The molecule has 0 aliphatic heterocycles. The van der Waals surface area contributed by atoms with Crippen LogP contribution < -0.4 is 15.6 Å². The SMILES string of the molecule is C[Si](C)(C)c1ccc(-c2[c-]cccc2)nc1.C[Si](C)(C)c1ccc(-c2[c-]cccc2)nc1.C[Si](C)(C)c1ccc(-c2[c-]cccc2)nc1.Cc1ccc2c(n1)oc1c[c-]c(-c3ccccn3)cc12.[2H]C([2H])([2H])c1ccc2c(n1)oc1c(-c3ccccn3)[c-]ccc12.[Ir].[Ir].[Ir].[c-]1ccc2c(oc3cccnc32)c1-c1ccccn1. The summed E-state index contributed by atoms with van der Waals surface area (Å²) in [4.78, 5) is 39.5. The average molecular weight is 2020 g/mol. The Kier molecular flexibility index (Phi) is 26.4. The Balaban J connectivity index is 0.000000144. The van der Waals surface area contributed by atoms with E-state index in [9.17, 15) is 0 Å². The molecule has 0 aliphatic carbocycles. The van der Waals surface area contributed by atoms with E-state index in [0.717, 1.165) is 122 Å². The predicted octanol–water partition coefficient (Wildman–Crippen LogP) is 21.4. The van der Waals surface area contributed by atoms with E-state index < -0.39 is 31.1 Å². The molecular weight excluding hydrogens is 1940 g/mol. The van der Waals surface area contributed by atoms with E-state index in [0.29, 0.717) is 17.0 Å². The summed E-state index contributed by atoms with van der Waals surface area (Å²) in [6.07, 6.45) is 13.1. The molecule has 12 nitrogen and oxygen atoms in total. The first-order valence-electron chi connectivity index (χ1n) is 36.7. The molecule has 110 heavy (non-hydrogen) atoms. The fraction of sp³-hybridized carbons (Fsp3) is 0.120. The van der Waals surface area contributed by atoms with Gasteiger partial charge in [-0.2, -0.15) is 0 Å². The molecule has 0 bridgehead atoms. The molecule has 0 saturated carbocycles. The molecule has 12 aromatic heterocycles. The molecule has 0 amide bonds. The van der Waals surface area contributed by atoms with Crippen LogP contribution in [0.3, 0.4) is 0 Å². The van der Waals surface area contributed by atoms with Gasteiger partial charge in [0.05, 0.1) is 46.5 Å². The van der Waals surface area contributed by atoms with Crippen LogP contribution in [0.15, 0.2) is 293 Å². The third-order valence-corrected chi connectivity index (χ3v) is 23.6. The molecule has 0 fully saturated rings. The van der Waals surface area contributed by atoms with Gasteiger partial charge in [0.2, 0.25) is 11.4 Å². The van der Waals surface area contributed by atoms with Crippen LogP contribution in [0.25, 0.3) is 134 Å². The van der Waals surface area contributed by atoms with Gasteiger partial charge in [0, 0.05) is 130 Å².